The van der Waals surface area contributed by atoms with Gasteiger partial charge in [0.15, 0.2) is 0 Å². The fraction of sp³-hybridized carbons (Fsp3) is 0.562. The fourth-order valence-electron chi connectivity index (χ4n) is 2.78. The smallest absolute Gasteiger partial charge is 0.224 e. The monoisotopic (exact) mass is 309 g/mol. The van der Waals surface area contributed by atoms with Crippen molar-refractivity contribution < 1.29 is 4.79 Å². The number of nitrogens with one attached hydrogen (secondary N) is 1. The molecule has 1 unspecified atom stereocenters. The van der Waals surface area contributed by atoms with Gasteiger partial charge in [-0.15, -0.1) is 0 Å². The van der Waals surface area contributed by atoms with Crippen LogP contribution in [0.1, 0.15) is 39.0 Å². The predicted molar refractivity (Wildman–Crippen MR) is 88.6 cm³/mol. The summed E-state index contributed by atoms with van der Waals surface area (Å²) in [5, 5.41) is 3.40. The molecule has 4 nitrogen and oxygen atoms in total. The Bertz CT molecular complexity index is 492. The van der Waals surface area contributed by atoms with Crippen molar-refractivity contribution in [3.63, 3.8) is 0 Å². The molecule has 1 aromatic rings. The molecule has 0 spiro atoms. The molecule has 1 atom stereocenters. The largest absolute Gasteiger partial charge is 0.397 e. The number of halogens is 1. The first-order valence-electron chi connectivity index (χ1n) is 7.65. The number of piperidine rings is 1. The van der Waals surface area contributed by atoms with E-state index < -0.39 is 0 Å². The zero-order valence-electron chi connectivity index (χ0n) is 12.6. The van der Waals surface area contributed by atoms with Crippen LogP contribution in [0.4, 0.5) is 11.4 Å². The van der Waals surface area contributed by atoms with Crippen molar-refractivity contribution in [3.05, 3.63) is 23.2 Å². The van der Waals surface area contributed by atoms with Crippen LogP contribution < -0.4 is 11.1 Å². The molecule has 1 amide bonds. The van der Waals surface area contributed by atoms with Gasteiger partial charge in [-0.3, -0.25) is 4.79 Å². The van der Waals surface area contributed by atoms with Gasteiger partial charge in [0.1, 0.15) is 0 Å². The van der Waals surface area contributed by atoms with Gasteiger partial charge in [-0.05, 0) is 57.5 Å². The summed E-state index contributed by atoms with van der Waals surface area (Å²) in [4.78, 5) is 14.4. The minimum atomic E-state index is -0.00590. The van der Waals surface area contributed by atoms with E-state index in [1.54, 1.807) is 18.2 Å². The number of amides is 1. The van der Waals surface area contributed by atoms with Gasteiger partial charge in [-0.25, -0.2) is 0 Å². The van der Waals surface area contributed by atoms with Crippen molar-refractivity contribution in [2.24, 2.45) is 0 Å². The molecule has 1 aliphatic rings. The van der Waals surface area contributed by atoms with Crippen LogP contribution in [0, 0.1) is 0 Å². The van der Waals surface area contributed by atoms with E-state index in [2.05, 4.69) is 17.1 Å². The van der Waals surface area contributed by atoms with Crippen LogP contribution >= 0.6 is 11.6 Å². The summed E-state index contributed by atoms with van der Waals surface area (Å²) in [5.74, 6) is -0.00590. The van der Waals surface area contributed by atoms with Crippen molar-refractivity contribution in [1.29, 1.82) is 0 Å². The zero-order chi connectivity index (χ0) is 15.2. The van der Waals surface area contributed by atoms with Gasteiger partial charge in [0.05, 0.1) is 11.4 Å². The molecule has 0 aromatic heterocycles. The van der Waals surface area contributed by atoms with Crippen LogP contribution in [-0.2, 0) is 4.79 Å². The average molecular weight is 310 g/mol. The number of benzene rings is 1. The Morgan fingerprint density at radius 3 is 3.05 bits per heavy atom. The molecule has 1 fully saturated rings. The maximum Gasteiger partial charge on any atom is 0.224 e. The first-order chi connectivity index (χ1) is 10.1. The summed E-state index contributed by atoms with van der Waals surface area (Å²) in [7, 11) is 0. The molecular formula is C16H24ClN3O. The van der Waals surface area contributed by atoms with E-state index in [-0.39, 0.29) is 5.91 Å². The number of carbonyl (C=O) groups is 1. The van der Waals surface area contributed by atoms with Crippen molar-refractivity contribution in [2.45, 2.75) is 45.1 Å². The second kappa shape index (κ2) is 7.66. The van der Waals surface area contributed by atoms with E-state index in [0.29, 0.717) is 28.9 Å². The SMILES string of the molecule is CC1CCCCN1CCCC(=O)Nc1cc(Cl)ccc1N. The summed E-state index contributed by atoms with van der Waals surface area (Å²) in [5.41, 5.74) is 6.96. The van der Waals surface area contributed by atoms with E-state index in [9.17, 15) is 4.79 Å². The first kappa shape index (κ1) is 16.1. The topological polar surface area (TPSA) is 58.4 Å². The number of hydrogen-bond acceptors (Lipinski definition) is 3. The molecule has 0 bridgehead atoms. The molecule has 0 radical (unpaired) electrons. The van der Waals surface area contributed by atoms with Gasteiger partial charge >= 0.3 is 0 Å². The lowest BCUT2D eigenvalue weighted by molar-refractivity contribution is -0.116. The third kappa shape index (κ3) is 4.90. The number of nitrogen functional groups attached to an aromatic ring is 1. The third-order valence-electron chi connectivity index (χ3n) is 4.08. The predicted octanol–water partition coefficient (Wildman–Crippen LogP) is 3.52. The van der Waals surface area contributed by atoms with Crippen LogP contribution in [-0.4, -0.2) is 29.9 Å². The summed E-state index contributed by atoms with van der Waals surface area (Å²) in [6, 6.07) is 5.74. The highest BCUT2D eigenvalue weighted by molar-refractivity contribution is 6.31. The lowest BCUT2D eigenvalue weighted by Crippen LogP contribution is -2.38. The van der Waals surface area contributed by atoms with Crippen molar-refractivity contribution in [1.82, 2.24) is 4.90 Å². The Balaban J connectivity index is 1.75. The zero-order valence-corrected chi connectivity index (χ0v) is 13.3. The molecule has 1 saturated heterocycles. The summed E-state index contributed by atoms with van der Waals surface area (Å²) >= 11 is 5.91. The number of nitrogens with zero attached hydrogens (tertiary/aromatic N) is 1. The Kier molecular flexibility index (Phi) is 5.88. The maximum absolute atomic E-state index is 12.0. The van der Waals surface area contributed by atoms with Crippen LogP contribution in [0.3, 0.4) is 0 Å². The number of likely N-dealkylation sites (tertiary alicyclic amines) is 1. The molecule has 0 saturated carbocycles. The molecule has 5 heteroatoms. The van der Waals surface area contributed by atoms with Gasteiger partial charge in [0.25, 0.3) is 0 Å². The molecule has 1 aromatic carbocycles. The van der Waals surface area contributed by atoms with Crippen molar-refractivity contribution in [2.75, 3.05) is 24.1 Å². The number of rotatable bonds is 5. The van der Waals surface area contributed by atoms with Crippen molar-refractivity contribution in [3.8, 4) is 0 Å². The van der Waals surface area contributed by atoms with E-state index in [1.807, 2.05) is 0 Å². The van der Waals surface area contributed by atoms with Gasteiger partial charge in [0, 0.05) is 17.5 Å². The molecule has 3 N–H and O–H groups in total. The van der Waals surface area contributed by atoms with E-state index in [0.717, 1.165) is 19.5 Å². The van der Waals surface area contributed by atoms with Gasteiger partial charge in [-0.1, -0.05) is 18.0 Å². The van der Waals surface area contributed by atoms with Crippen molar-refractivity contribution >= 4 is 28.9 Å². The van der Waals surface area contributed by atoms with Crippen LogP contribution in [0.2, 0.25) is 5.02 Å². The lowest BCUT2D eigenvalue weighted by Gasteiger charge is -2.33. The third-order valence-corrected chi connectivity index (χ3v) is 4.31. The molecule has 21 heavy (non-hydrogen) atoms. The van der Waals surface area contributed by atoms with Gasteiger partial charge in [-0.2, -0.15) is 0 Å². The highest BCUT2D eigenvalue weighted by atomic mass is 35.5. The minimum Gasteiger partial charge on any atom is -0.397 e. The Labute approximate surface area is 131 Å². The number of anilines is 2. The van der Waals surface area contributed by atoms with Crippen LogP contribution in [0.25, 0.3) is 0 Å². The lowest BCUT2D eigenvalue weighted by atomic mass is 10.0. The summed E-state index contributed by atoms with van der Waals surface area (Å²) < 4.78 is 0. The normalized spacial score (nSPS) is 19.4. The Hall–Kier alpha value is -1.26. The summed E-state index contributed by atoms with van der Waals surface area (Å²) in [6.45, 7) is 4.41. The standard InChI is InChI=1S/C16H24ClN3O/c1-12-5-2-3-9-20(12)10-4-6-16(21)19-15-11-13(17)7-8-14(15)18/h7-8,11-12H,2-6,9-10,18H2,1H3,(H,19,21). The molecule has 116 valence electrons. The highest BCUT2D eigenvalue weighted by Gasteiger charge is 2.17. The van der Waals surface area contributed by atoms with Crippen LogP contribution in [0.15, 0.2) is 18.2 Å². The second-order valence-electron chi connectivity index (χ2n) is 5.76. The second-order valence-corrected chi connectivity index (χ2v) is 6.20. The van der Waals surface area contributed by atoms with E-state index in [4.69, 9.17) is 17.3 Å². The average Bonchev–Trinajstić information content (AvgIpc) is 2.45. The fourth-order valence-corrected chi connectivity index (χ4v) is 2.95. The molecular weight excluding hydrogens is 286 g/mol. The Morgan fingerprint density at radius 2 is 2.29 bits per heavy atom. The van der Waals surface area contributed by atoms with E-state index in [1.165, 1.54) is 19.3 Å². The summed E-state index contributed by atoms with van der Waals surface area (Å²) in [6.07, 6.45) is 5.25. The Morgan fingerprint density at radius 1 is 1.48 bits per heavy atom. The molecule has 1 heterocycles. The number of carbonyl (C=O) groups excluding carboxylic acids is 1. The van der Waals surface area contributed by atoms with E-state index >= 15 is 0 Å². The van der Waals surface area contributed by atoms with Crippen LogP contribution in [0.5, 0.6) is 0 Å². The molecule has 0 aliphatic carbocycles. The quantitative estimate of drug-likeness (QED) is 0.818. The molecule has 1 aliphatic heterocycles. The molecule has 2 rings (SSSR count). The number of nitrogens with two attached hydrogens (primary N) is 1. The van der Waals surface area contributed by atoms with Gasteiger partial charge in [0.2, 0.25) is 5.91 Å². The van der Waals surface area contributed by atoms with Gasteiger partial charge < -0.3 is 16.0 Å². The first-order valence-corrected chi connectivity index (χ1v) is 8.03. The minimum absolute atomic E-state index is 0.00590. The highest BCUT2D eigenvalue weighted by Crippen LogP contribution is 2.23. The maximum atomic E-state index is 12.0. The number of hydrogen-bond donors (Lipinski definition) is 2.